The lowest BCUT2D eigenvalue weighted by Gasteiger charge is -2.38. The lowest BCUT2D eigenvalue weighted by atomic mass is 9.95. The molecule has 0 aromatic heterocycles. The van der Waals surface area contributed by atoms with Crippen LogP contribution in [-0.2, 0) is 9.47 Å². The van der Waals surface area contributed by atoms with Crippen molar-refractivity contribution in [3.05, 3.63) is 0 Å². The Morgan fingerprint density at radius 1 is 1.31 bits per heavy atom. The van der Waals surface area contributed by atoms with Crippen LogP contribution in [0.2, 0.25) is 0 Å². The number of nitrogens with zero attached hydrogens (tertiary/aromatic N) is 1. The van der Waals surface area contributed by atoms with Crippen LogP contribution >= 0.6 is 0 Å². The molecular formula is C12H25NO3. The quantitative estimate of drug-likeness (QED) is 0.698. The summed E-state index contributed by atoms with van der Waals surface area (Å²) in [5.74, 6) is 0. The molecule has 16 heavy (non-hydrogen) atoms. The van der Waals surface area contributed by atoms with Crippen LogP contribution in [0.1, 0.15) is 33.6 Å². The summed E-state index contributed by atoms with van der Waals surface area (Å²) in [5.41, 5.74) is -0.554. The van der Waals surface area contributed by atoms with Gasteiger partial charge in [0, 0.05) is 26.3 Å². The number of ether oxygens (including phenoxy) is 2. The van der Waals surface area contributed by atoms with E-state index < -0.39 is 5.60 Å². The average Bonchev–Trinajstić information content (AvgIpc) is 2.16. The van der Waals surface area contributed by atoms with E-state index in [-0.39, 0.29) is 6.29 Å². The molecule has 0 spiro atoms. The van der Waals surface area contributed by atoms with Gasteiger partial charge < -0.3 is 14.6 Å². The lowest BCUT2D eigenvalue weighted by molar-refractivity contribution is -0.154. The van der Waals surface area contributed by atoms with Crippen LogP contribution in [0.3, 0.4) is 0 Å². The van der Waals surface area contributed by atoms with Crippen molar-refractivity contribution in [2.45, 2.75) is 45.5 Å². The van der Waals surface area contributed by atoms with Crippen LogP contribution in [0.5, 0.6) is 0 Å². The maximum atomic E-state index is 9.99. The van der Waals surface area contributed by atoms with Crippen molar-refractivity contribution < 1.29 is 14.6 Å². The molecule has 4 nitrogen and oxygen atoms in total. The number of rotatable bonds is 6. The predicted octanol–water partition coefficient (Wildman–Crippen LogP) is 1.23. The van der Waals surface area contributed by atoms with Gasteiger partial charge >= 0.3 is 0 Å². The molecule has 0 saturated carbocycles. The van der Waals surface area contributed by atoms with Gasteiger partial charge in [-0.05, 0) is 40.2 Å². The smallest absolute Gasteiger partial charge is 0.170 e. The molecule has 1 saturated heterocycles. The number of β-amino-alcohol motifs (C(OH)–C–C–N with tert-alkyl or cyclic N) is 1. The van der Waals surface area contributed by atoms with Gasteiger partial charge in [-0.3, -0.25) is 4.90 Å². The van der Waals surface area contributed by atoms with Gasteiger partial charge in [0.05, 0.1) is 5.60 Å². The molecule has 1 atom stereocenters. The van der Waals surface area contributed by atoms with Gasteiger partial charge in [-0.15, -0.1) is 0 Å². The zero-order chi connectivity index (χ0) is 12.0. The van der Waals surface area contributed by atoms with Gasteiger partial charge in [0.25, 0.3) is 0 Å². The van der Waals surface area contributed by atoms with E-state index in [1.807, 2.05) is 20.8 Å². The highest BCUT2D eigenvalue weighted by atomic mass is 16.7. The number of likely N-dealkylation sites (tertiary alicyclic amines) is 1. The molecule has 0 aromatic rings. The van der Waals surface area contributed by atoms with E-state index in [1.54, 1.807) is 0 Å². The van der Waals surface area contributed by atoms with Crippen LogP contribution in [-0.4, -0.2) is 54.7 Å². The van der Waals surface area contributed by atoms with Gasteiger partial charge in [0.15, 0.2) is 6.29 Å². The number of hydrogen-bond donors (Lipinski definition) is 1. The molecular weight excluding hydrogens is 206 g/mol. The van der Waals surface area contributed by atoms with Crippen molar-refractivity contribution in [1.29, 1.82) is 0 Å². The first kappa shape index (κ1) is 13.9. The molecule has 1 N–H and O–H groups in total. The molecule has 0 radical (unpaired) electrons. The highest BCUT2D eigenvalue weighted by molar-refractivity contribution is 4.83. The molecule has 1 rings (SSSR count). The van der Waals surface area contributed by atoms with Crippen molar-refractivity contribution in [3.8, 4) is 0 Å². The molecule has 1 heterocycles. The molecule has 96 valence electrons. The monoisotopic (exact) mass is 231 g/mol. The fourth-order valence-electron chi connectivity index (χ4n) is 2.22. The van der Waals surface area contributed by atoms with E-state index in [2.05, 4.69) is 4.90 Å². The van der Waals surface area contributed by atoms with Crippen molar-refractivity contribution in [1.82, 2.24) is 4.90 Å². The summed E-state index contributed by atoms with van der Waals surface area (Å²) in [6.45, 7) is 9.64. The van der Waals surface area contributed by atoms with Crippen molar-refractivity contribution in [3.63, 3.8) is 0 Å². The van der Waals surface area contributed by atoms with E-state index in [0.717, 1.165) is 25.9 Å². The minimum Gasteiger partial charge on any atom is -0.389 e. The Bertz CT molecular complexity index is 191. The van der Waals surface area contributed by atoms with Crippen LogP contribution in [0.25, 0.3) is 0 Å². The lowest BCUT2D eigenvalue weighted by Crippen LogP contribution is -2.49. The zero-order valence-corrected chi connectivity index (χ0v) is 10.7. The first-order valence-corrected chi connectivity index (χ1v) is 6.25. The van der Waals surface area contributed by atoms with Crippen LogP contribution in [0, 0.1) is 0 Å². The van der Waals surface area contributed by atoms with Crippen LogP contribution in [0.4, 0.5) is 0 Å². The summed E-state index contributed by atoms with van der Waals surface area (Å²) in [6.07, 6.45) is 1.76. The molecule has 1 fully saturated rings. The Labute approximate surface area is 98.5 Å². The second kappa shape index (κ2) is 6.55. The van der Waals surface area contributed by atoms with E-state index >= 15 is 0 Å². The highest BCUT2D eigenvalue weighted by Crippen LogP contribution is 2.20. The molecule has 1 aliphatic rings. The molecule has 4 heteroatoms. The van der Waals surface area contributed by atoms with Crippen LogP contribution in [0.15, 0.2) is 0 Å². The Balaban J connectivity index is 2.38. The highest BCUT2D eigenvalue weighted by Gasteiger charge is 2.29. The van der Waals surface area contributed by atoms with Crippen molar-refractivity contribution in [2.24, 2.45) is 0 Å². The summed E-state index contributed by atoms with van der Waals surface area (Å²) in [6, 6.07) is 0. The maximum Gasteiger partial charge on any atom is 0.170 e. The summed E-state index contributed by atoms with van der Waals surface area (Å²) >= 11 is 0. The Hall–Kier alpha value is -0.160. The van der Waals surface area contributed by atoms with Gasteiger partial charge in [0.2, 0.25) is 0 Å². The Morgan fingerprint density at radius 3 is 2.44 bits per heavy atom. The fourth-order valence-corrected chi connectivity index (χ4v) is 2.22. The molecule has 1 aliphatic heterocycles. The normalized spacial score (nSPS) is 27.6. The van der Waals surface area contributed by atoms with Gasteiger partial charge in [-0.2, -0.15) is 0 Å². The van der Waals surface area contributed by atoms with Crippen LogP contribution < -0.4 is 0 Å². The largest absolute Gasteiger partial charge is 0.389 e. The standard InChI is InChI=1S/C12H25NO3/c1-4-15-11(16-5-2)9-13-8-6-7-12(3,14)10-13/h11,14H,4-10H2,1-3H3/t12-/m1/s1. The van der Waals surface area contributed by atoms with Gasteiger partial charge in [0.1, 0.15) is 0 Å². The molecule has 0 bridgehead atoms. The van der Waals surface area contributed by atoms with E-state index in [9.17, 15) is 5.11 Å². The minimum atomic E-state index is -0.554. The molecule has 0 aliphatic carbocycles. The Kier molecular flexibility index (Phi) is 5.69. The fraction of sp³-hybridized carbons (Fsp3) is 1.00. The summed E-state index contributed by atoms with van der Waals surface area (Å²) in [7, 11) is 0. The van der Waals surface area contributed by atoms with E-state index in [4.69, 9.17) is 9.47 Å². The number of aliphatic hydroxyl groups is 1. The molecule has 0 unspecified atom stereocenters. The Morgan fingerprint density at radius 2 is 1.94 bits per heavy atom. The van der Waals surface area contributed by atoms with Crippen molar-refractivity contribution >= 4 is 0 Å². The zero-order valence-electron chi connectivity index (χ0n) is 10.7. The second-order valence-corrected chi connectivity index (χ2v) is 4.68. The number of hydrogen-bond acceptors (Lipinski definition) is 4. The topological polar surface area (TPSA) is 41.9 Å². The summed E-state index contributed by atoms with van der Waals surface area (Å²) in [4.78, 5) is 2.22. The average molecular weight is 231 g/mol. The van der Waals surface area contributed by atoms with E-state index in [1.165, 1.54) is 0 Å². The summed E-state index contributed by atoms with van der Waals surface area (Å²) in [5, 5.41) is 9.99. The molecule has 0 aromatic carbocycles. The minimum absolute atomic E-state index is 0.163. The number of piperidine rings is 1. The molecule has 0 amide bonds. The SMILES string of the molecule is CCOC(CN1CCC[C@@](C)(O)C1)OCC. The third-order valence-electron chi connectivity index (χ3n) is 2.87. The van der Waals surface area contributed by atoms with Crippen molar-refractivity contribution in [2.75, 3.05) is 32.8 Å². The predicted molar refractivity (Wildman–Crippen MR) is 63.3 cm³/mol. The first-order valence-electron chi connectivity index (χ1n) is 6.25. The first-order chi connectivity index (χ1) is 7.57. The van der Waals surface area contributed by atoms with Gasteiger partial charge in [-0.25, -0.2) is 0 Å². The summed E-state index contributed by atoms with van der Waals surface area (Å²) < 4.78 is 11.0. The third kappa shape index (κ3) is 4.78. The van der Waals surface area contributed by atoms with E-state index in [0.29, 0.717) is 19.8 Å². The maximum absolute atomic E-state index is 9.99. The van der Waals surface area contributed by atoms with Gasteiger partial charge in [-0.1, -0.05) is 0 Å². The third-order valence-corrected chi connectivity index (χ3v) is 2.87. The second-order valence-electron chi connectivity index (χ2n) is 4.68.